The summed E-state index contributed by atoms with van der Waals surface area (Å²) >= 11 is 0. The third-order valence-electron chi connectivity index (χ3n) is 7.82. The third-order valence-corrected chi connectivity index (χ3v) is 10.1. The van der Waals surface area contributed by atoms with E-state index in [2.05, 4.69) is 167 Å². The largest absolute Gasteiger partial charge is 0.309 e. The zero-order chi connectivity index (χ0) is 28.1. The van der Waals surface area contributed by atoms with Gasteiger partial charge in [-0.1, -0.05) is 102 Å². The van der Waals surface area contributed by atoms with E-state index in [1.807, 2.05) is 0 Å². The van der Waals surface area contributed by atoms with Crippen molar-refractivity contribution in [1.82, 2.24) is 4.57 Å². The van der Waals surface area contributed by atoms with Gasteiger partial charge in [0.25, 0.3) is 0 Å². The van der Waals surface area contributed by atoms with Crippen molar-refractivity contribution in [2.24, 2.45) is 0 Å². The summed E-state index contributed by atoms with van der Waals surface area (Å²) in [6.07, 6.45) is 0. The Morgan fingerprint density at radius 2 is 0.775 bits per heavy atom. The average molecular weight is 541 g/mol. The van der Waals surface area contributed by atoms with Crippen LogP contribution in [0.4, 0.5) is 0 Å². The molecule has 0 saturated carbocycles. The van der Waals surface area contributed by atoms with E-state index in [9.17, 15) is 0 Å². The summed E-state index contributed by atoms with van der Waals surface area (Å²) in [6.45, 7) is 13.7. The summed E-state index contributed by atoms with van der Waals surface area (Å²) in [5, 5.41) is 2.58. The lowest BCUT2D eigenvalue weighted by Crippen LogP contribution is -2.13. The Morgan fingerprint density at radius 3 is 1.15 bits per heavy atom. The molecule has 0 fully saturated rings. The molecule has 1 aromatic heterocycles. The SMILES string of the molecule is CC(C)(C)c1ccc([S+](c2ccc(-n3c4ccccc4c4ccccc43)cc2)c2ccc(C(C)(C)C)cc2)cc1. The van der Waals surface area contributed by atoms with Gasteiger partial charge in [0.1, 0.15) is 0 Å². The van der Waals surface area contributed by atoms with Crippen LogP contribution in [0.5, 0.6) is 0 Å². The summed E-state index contributed by atoms with van der Waals surface area (Å²) < 4.78 is 2.39. The Morgan fingerprint density at radius 1 is 0.425 bits per heavy atom. The van der Waals surface area contributed by atoms with Crippen LogP contribution in [0.3, 0.4) is 0 Å². The second-order valence-corrected chi connectivity index (χ2v) is 14.7. The molecule has 0 saturated heterocycles. The fraction of sp³-hybridized carbons (Fsp3) is 0.211. The molecule has 0 aliphatic rings. The smallest absolute Gasteiger partial charge is 0.166 e. The van der Waals surface area contributed by atoms with E-state index in [1.54, 1.807) is 0 Å². The predicted molar refractivity (Wildman–Crippen MR) is 173 cm³/mol. The number of hydrogen-bond donors (Lipinski definition) is 0. The van der Waals surface area contributed by atoms with Crippen LogP contribution in [0.15, 0.2) is 136 Å². The molecule has 6 rings (SSSR count). The van der Waals surface area contributed by atoms with Gasteiger partial charge in [0, 0.05) is 16.5 Å². The van der Waals surface area contributed by atoms with E-state index < -0.39 is 0 Å². The molecular formula is C38H38NS+. The first kappa shape index (κ1) is 26.5. The zero-order valence-electron chi connectivity index (χ0n) is 24.4. The van der Waals surface area contributed by atoms with Crippen molar-refractivity contribution in [3.8, 4) is 5.69 Å². The normalized spacial score (nSPS) is 12.5. The van der Waals surface area contributed by atoms with Gasteiger partial charge in [0.05, 0.1) is 21.9 Å². The molecule has 0 radical (unpaired) electrons. The van der Waals surface area contributed by atoms with Gasteiger partial charge in [-0.25, -0.2) is 0 Å². The molecule has 0 N–H and O–H groups in total. The minimum atomic E-state index is -0.203. The Balaban J connectivity index is 1.46. The van der Waals surface area contributed by atoms with Crippen molar-refractivity contribution in [3.63, 3.8) is 0 Å². The molecule has 1 nitrogen and oxygen atoms in total. The Labute approximate surface area is 241 Å². The maximum atomic E-state index is 2.39. The molecule has 0 bridgehead atoms. The van der Waals surface area contributed by atoms with Crippen molar-refractivity contribution in [2.75, 3.05) is 0 Å². The Hall–Kier alpha value is -3.75. The lowest BCUT2D eigenvalue weighted by atomic mass is 9.87. The average Bonchev–Trinajstić information content (AvgIpc) is 3.28. The van der Waals surface area contributed by atoms with E-state index in [0.717, 1.165) is 0 Å². The predicted octanol–water partition coefficient (Wildman–Crippen LogP) is 10.5. The molecule has 5 aromatic carbocycles. The molecule has 0 aliphatic heterocycles. The Kier molecular flexibility index (Phi) is 6.63. The standard InChI is InChI=1S/C38H38NS/c1-37(2,3)27-15-21-30(22-16-27)40(31-23-17-28(18-24-31)38(4,5)6)32-25-19-29(20-26-32)39-35-13-9-7-11-33(35)34-12-8-10-14-36(34)39/h7-26H,1-6H3/q+1. The quantitative estimate of drug-likeness (QED) is 0.196. The maximum Gasteiger partial charge on any atom is 0.166 e. The summed E-state index contributed by atoms with van der Waals surface area (Å²) in [7, 11) is -0.203. The first-order valence-corrected chi connectivity index (χ1v) is 15.4. The molecular weight excluding hydrogens is 502 g/mol. The summed E-state index contributed by atoms with van der Waals surface area (Å²) in [5.41, 5.74) is 6.67. The van der Waals surface area contributed by atoms with Crippen LogP contribution in [0.1, 0.15) is 52.7 Å². The number of fused-ring (bicyclic) bond motifs is 3. The molecule has 1 heterocycles. The number of benzene rings is 5. The molecule has 40 heavy (non-hydrogen) atoms. The highest BCUT2D eigenvalue weighted by Gasteiger charge is 2.30. The molecule has 6 aromatic rings. The van der Waals surface area contributed by atoms with Crippen molar-refractivity contribution < 1.29 is 0 Å². The first-order chi connectivity index (χ1) is 19.1. The second kappa shape index (κ2) is 10.0. The van der Waals surface area contributed by atoms with E-state index in [-0.39, 0.29) is 21.7 Å². The van der Waals surface area contributed by atoms with Crippen molar-refractivity contribution in [1.29, 1.82) is 0 Å². The van der Waals surface area contributed by atoms with Crippen molar-refractivity contribution >= 4 is 32.7 Å². The number of para-hydroxylation sites is 2. The molecule has 0 aliphatic carbocycles. The van der Waals surface area contributed by atoms with Crippen molar-refractivity contribution in [3.05, 3.63) is 132 Å². The van der Waals surface area contributed by atoms with Crippen LogP contribution in [0, 0.1) is 0 Å². The minimum absolute atomic E-state index is 0.134. The molecule has 2 heteroatoms. The highest BCUT2D eigenvalue weighted by molar-refractivity contribution is 7.97. The topological polar surface area (TPSA) is 4.93 Å². The molecule has 0 amide bonds. The van der Waals surface area contributed by atoms with Gasteiger partial charge in [0.15, 0.2) is 14.7 Å². The number of aromatic nitrogens is 1. The molecule has 200 valence electrons. The van der Waals surface area contributed by atoms with Gasteiger partial charge in [0.2, 0.25) is 0 Å². The second-order valence-electron chi connectivity index (χ2n) is 12.7. The summed E-state index contributed by atoms with van der Waals surface area (Å²) in [5.74, 6) is 0. The van der Waals surface area contributed by atoms with E-state index >= 15 is 0 Å². The lowest BCUT2D eigenvalue weighted by Gasteiger charge is -2.20. The van der Waals surface area contributed by atoms with E-state index in [1.165, 1.54) is 53.3 Å². The highest BCUT2D eigenvalue weighted by atomic mass is 32.2. The van der Waals surface area contributed by atoms with Gasteiger partial charge in [-0.05, 0) is 82.6 Å². The van der Waals surface area contributed by atoms with E-state index in [4.69, 9.17) is 0 Å². The van der Waals surface area contributed by atoms with Gasteiger partial charge in [-0.15, -0.1) is 0 Å². The van der Waals surface area contributed by atoms with Gasteiger partial charge < -0.3 is 4.57 Å². The molecule has 0 atom stereocenters. The van der Waals surface area contributed by atoms with Crippen LogP contribution < -0.4 is 0 Å². The van der Waals surface area contributed by atoms with Crippen LogP contribution in [0.2, 0.25) is 0 Å². The fourth-order valence-corrected chi connectivity index (χ4v) is 7.56. The number of rotatable bonds is 4. The number of nitrogens with zero attached hydrogens (tertiary/aromatic N) is 1. The van der Waals surface area contributed by atoms with Crippen LogP contribution in [0.25, 0.3) is 27.5 Å². The van der Waals surface area contributed by atoms with E-state index in [0.29, 0.717) is 0 Å². The van der Waals surface area contributed by atoms with Crippen LogP contribution in [-0.2, 0) is 21.7 Å². The third kappa shape index (κ3) is 4.86. The molecule has 0 spiro atoms. The summed E-state index contributed by atoms with van der Waals surface area (Å²) in [6, 6.07) is 45.2. The zero-order valence-corrected chi connectivity index (χ0v) is 25.2. The first-order valence-electron chi connectivity index (χ1n) is 14.2. The lowest BCUT2D eigenvalue weighted by molar-refractivity contribution is 0.589. The number of hydrogen-bond acceptors (Lipinski definition) is 0. The van der Waals surface area contributed by atoms with Gasteiger partial charge in [-0.3, -0.25) is 0 Å². The monoisotopic (exact) mass is 540 g/mol. The Bertz CT molecular complexity index is 1660. The minimum Gasteiger partial charge on any atom is -0.309 e. The summed E-state index contributed by atoms with van der Waals surface area (Å²) in [4.78, 5) is 4.03. The highest BCUT2D eigenvalue weighted by Crippen LogP contribution is 2.36. The molecule has 0 unspecified atom stereocenters. The maximum absolute atomic E-state index is 2.39. The fourth-order valence-electron chi connectivity index (χ4n) is 5.52. The van der Waals surface area contributed by atoms with Gasteiger partial charge in [-0.2, -0.15) is 0 Å². The van der Waals surface area contributed by atoms with Gasteiger partial charge >= 0.3 is 0 Å². The van der Waals surface area contributed by atoms with Crippen LogP contribution in [-0.4, -0.2) is 4.57 Å². The van der Waals surface area contributed by atoms with Crippen LogP contribution >= 0.6 is 0 Å². The van der Waals surface area contributed by atoms with Crippen molar-refractivity contribution in [2.45, 2.75) is 67.1 Å².